The van der Waals surface area contributed by atoms with Gasteiger partial charge in [-0.15, -0.1) is 0 Å². The molecule has 0 aromatic heterocycles. The average molecular weight is 369 g/mol. The predicted octanol–water partition coefficient (Wildman–Crippen LogP) is 4.67. The first-order valence-electron chi connectivity index (χ1n) is 8.57. The van der Waals surface area contributed by atoms with Crippen molar-refractivity contribution in [1.82, 2.24) is 5.32 Å². The van der Waals surface area contributed by atoms with Crippen LogP contribution in [0.25, 0.3) is 0 Å². The van der Waals surface area contributed by atoms with Gasteiger partial charge in [-0.3, -0.25) is 0 Å². The van der Waals surface area contributed by atoms with Gasteiger partial charge < -0.3 is 15.5 Å². The summed E-state index contributed by atoms with van der Waals surface area (Å²) in [4.78, 5) is 8.90. The van der Waals surface area contributed by atoms with Crippen molar-refractivity contribution in [2.75, 3.05) is 0 Å². The lowest BCUT2D eigenvalue weighted by Gasteiger charge is -2.22. The van der Waals surface area contributed by atoms with Gasteiger partial charge >= 0.3 is 12.1 Å². The molecule has 4 nitrogen and oxygen atoms in total. The Bertz CT molecular complexity index is 397. The normalized spacial score (nSPS) is 14.2. The maximum atomic E-state index is 10.6. The first kappa shape index (κ1) is 26.2. The van der Waals surface area contributed by atoms with Crippen LogP contribution in [-0.4, -0.2) is 40.0 Å². The van der Waals surface area contributed by atoms with Gasteiger partial charge in [-0.25, -0.2) is 4.79 Å². The number of rotatable bonds is 9. The van der Waals surface area contributed by atoms with Crippen LogP contribution in [0, 0.1) is 0 Å². The van der Waals surface area contributed by atoms with Crippen LogP contribution in [0.5, 0.6) is 0 Å². The Morgan fingerprint density at radius 3 is 1.92 bits per heavy atom. The lowest BCUT2D eigenvalue weighted by molar-refractivity contribution is -0.192. The molecule has 2 unspecified atom stereocenters. The molecule has 7 heteroatoms. The largest absolute Gasteiger partial charge is 0.490 e. The van der Waals surface area contributed by atoms with Crippen LogP contribution in [0.15, 0.2) is 11.6 Å². The molecule has 0 aliphatic rings. The molecule has 150 valence electrons. The van der Waals surface area contributed by atoms with Gasteiger partial charge in [-0.1, -0.05) is 11.6 Å². The number of carboxylic acids is 1. The molecule has 0 saturated carbocycles. The molecule has 0 saturated heterocycles. The van der Waals surface area contributed by atoms with Crippen molar-refractivity contribution in [2.24, 2.45) is 0 Å². The number of carbonyl (C=O) groups is 1. The van der Waals surface area contributed by atoms with Gasteiger partial charge in [-0.05, 0) is 73.6 Å². The van der Waals surface area contributed by atoms with Gasteiger partial charge in [0.15, 0.2) is 0 Å². The second-order valence-electron chi connectivity index (χ2n) is 7.34. The quantitative estimate of drug-likeness (QED) is 0.517. The van der Waals surface area contributed by atoms with Crippen LogP contribution in [0.1, 0.15) is 73.6 Å². The first-order valence-corrected chi connectivity index (χ1v) is 8.57. The Morgan fingerprint density at radius 2 is 1.56 bits per heavy atom. The summed E-state index contributed by atoms with van der Waals surface area (Å²) in [6, 6.07) is 1.10. The zero-order chi connectivity index (χ0) is 20.3. The van der Waals surface area contributed by atoms with Crippen molar-refractivity contribution in [3.05, 3.63) is 11.6 Å². The number of allylic oxidation sites excluding steroid dienone is 2. The van der Waals surface area contributed by atoms with E-state index >= 15 is 0 Å². The van der Waals surface area contributed by atoms with Crippen molar-refractivity contribution >= 4 is 5.97 Å². The standard InChI is InChI=1S/C16H33NO.C2HF3O2/c1-13(2)9-7-10-14(3)17-15(4)11-8-12-16(5,6)18;3-2(4,5)1(6)7/h9,14-15,17-18H,7-8,10-12H2,1-6H3;(H,6,7). The molecule has 0 fully saturated rings. The predicted molar refractivity (Wildman–Crippen MR) is 94.6 cm³/mol. The number of halogens is 3. The fourth-order valence-electron chi connectivity index (χ4n) is 2.12. The summed E-state index contributed by atoms with van der Waals surface area (Å²) in [5, 5.41) is 20.4. The van der Waals surface area contributed by atoms with E-state index in [2.05, 4.69) is 39.1 Å². The summed E-state index contributed by atoms with van der Waals surface area (Å²) in [6.45, 7) is 12.6. The summed E-state index contributed by atoms with van der Waals surface area (Å²) < 4.78 is 31.7. The highest BCUT2D eigenvalue weighted by atomic mass is 19.4. The highest BCUT2D eigenvalue weighted by molar-refractivity contribution is 5.73. The van der Waals surface area contributed by atoms with E-state index in [1.807, 2.05) is 13.8 Å². The second-order valence-corrected chi connectivity index (χ2v) is 7.34. The first-order chi connectivity index (χ1) is 11.1. The van der Waals surface area contributed by atoms with Crippen molar-refractivity contribution in [3.8, 4) is 0 Å². The van der Waals surface area contributed by atoms with E-state index in [0.717, 1.165) is 25.7 Å². The minimum atomic E-state index is -5.08. The summed E-state index contributed by atoms with van der Waals surface area (Å²) in [5.41, 5.74) is 0.884. The molecule has 0 heterocycles. The van der Waals surface area contributed by atoms with Gasteiger partial charge in [-0.2, -0.15) is 13.2 Å². The van der Waals surface area contributed by atoms with Gasteiger partial charge in [0.25, 0.3) is 0 Å². The fourth-order valence-corrected chi connectivity index (χ4v) is 2.12. The fraction of sp³-hybridized carbons (Fsp3) is 0.833. The number of nitrogens with one attached hydrogen (secondary N) is 1. The van der Waals surface area contributed by atoms with Crippen LogP contribution >= 0.6 is 0 Å². The van der Waals surface area contributed by atoms with Crippen molar-refractivity contribution in [3.63, 3.8) is 0 Å². The SMILES string of the molecule is CC(C)=CCCC(C)NC(C)CCCC(C)(C)O.O=C(O)C(F)(F)F. The second kappa shape index (κ2) is 12.3. The van der Waals surface area contributed by atoms with E-state index in [1.54, 1.807) is 0 Å². The minimum absolute atomic E-state index is 0.519. The zero-order valence-electron chi connectivity index (χ0n) is 16.2. The van der Waals surface area contributed by atoms with E-state index < -0.39 is 17.7 Å². The molecule has 0 rings (SSSR count). The van der Waals surface area contributed by atoms with Crippen molar-refractivity contribution in [1.29, 1.82) is 0 Å². The molecular formula is C18H34F3NO3. The summed E-state index contributed by atoms with van der Waals surface area (Å²) in [6.07, 6.45) is 2.67. The highest BCUT2D eigenvalue weighted by Gasteiger charge is 2.38. The number of alkyl halides is 3. The molecule has 0 aromatic rings. The molecule has 0 amide bonds. The average Bonchev–Trinajstić information content (AvgIpc) is 2.35. The third-order valence-electron chi connectivity index (χ3n) is 3.39. The molecule has 0 aliphatic carbocycles. The Balaban J connectivity index is 0. The lowest BCUT2D eigenvalue weighted by Crippen LogP contribution is -2.34. The molecular weight excluding hydrogens is 335 g/mol. The third kappa shape index (κ3) is 20.9. The monoisotopic (exact) mass is 369 g/mol. The summed E-state index contributed by atoms with van der Waals surface area (Å²) in [5.74, 6) is -2.76. The Morgan fingerprint density at radius 1 is 1.12 bits per heavy atom. The van der Waals surface area contributed by atoms with E-state index in [9.17, 15) is 18.3 Å². The van der Waals surface area contributed by atoms with Gasteiger partial charge in [0.1, 0.15) is 0 Å². The smallest absolute Gasteiger partial charge is 0.475 e. The highest BCUT2D eigenvalue weighted by Crippen LogP contribution is 2.14. The molecule has 2 atom stereocenters. The van der Waals surface area contributed by atoms with Crippen LogP contribution in [0.4, 0.5) is 13.2 Å². The molecule has 0 bridgehead atoms. The Kier molecular flexibility index (Phi) is 12.9. The number of aliphatic carboxylic acids is 1. The molecule has 0 spiro atoms. The van der Waals surface area contributed by atoms with Gasteiger partial charge in [0.05, 0.1) is 5.60 Å². The maximum Gasteiger partial charge on any atom is 0.490 e. The van der Waals surface area contributed by atoms with E-state index in [-0.39, 0.29) is 0 Å². The Labute approximate surface area is 149 Å². The van der Waals surface area contributed by atoms with Crippen LogP contribution in [-0.2, 0) is 4.79 Å². The van der Waals surface area contributed by atoms with Crippen LogP contribution in [0.3, 0.4) is 0 Å². The number of aliphatic hydroxyl groups is 1. The molecule has 0 aromatic carbocycles. The van der Waals surface area contributed by atoms with Crippen molar-refractivity contribution < 1.29 is 28.2 Å². The number of hydrogen-bond acceptors (Lipinski definition) is 3. The van der Waals surface area contributed by atoms with Gasteiger partial charge in [0.2, 0.25) is 0 Å². The van der Waals surface area contributed by atoms with Crippen LogP contribution in [0.2, 0.25) is 0 Å². The number of hydrogen-bond donors (Lipinski definition) is 3. The van der Waals surface area contributed by atoms with E-state index in [1.165, 1.54) is 12.0 Å². The number of carboxylic acid groups (broad SMARTS) is 1. The molecule has 3 N–H and O–H groups in total. The Hall–Kier alpha value is -1.08. The van der Waals surface area contributed by atoms with E-state index in [4.69, 9.17) is 9.90 Å². The summed E-state index contributed by atoms with van der Waals surface area (Å²) in [7, 11) is 0. The molecule has 0 radical (unpaired) electrons. The van der Waals surface area contributed by atoms with Gasteiger partial charge in [0, 0.05) is 12.1 Å². The van der Waals surface area contributed by atoms with Crippen LogP contribution < -0.4 is 5.32 Å². The maximum absolute atomic E-state index is 10.6. The third-order valence-corrected chi connectivity index (χ3v) is 3.39. The van der Waals surface area contributed by atoms with E-state index in [0.29, 0.717) is 12.1 Å². The molecule has 0 aliphatic heterocycles. The summed E-state index contributed by atoms with van der Waals surface area (Å²) >= 11 is 0. The van der Waals surface area contributed by atoms with Crippen molar-refractivity contribution in [2.45, 2.75) is 97.5 Å². The topological polar surface area (TPSA) is 69.6 Å². The lowest BCUT2D eigenvalue weighted by atomic mass is 9.99. The minimum Gasteiger partial charge on any atom is -0.475 e. The molecule has 25 heavy (non-hydrogen) atoms. The zero-order valence-corrected chi connectivity index (χ0v) is 16.2.